The molecule has 98 heavy (non-hydrogen) atoms. The fourth-order valence-electron chi connectivity index (χ4n) is 10.6. The van der Waals surface area contributed by atoms with Gasteiger partial charge in [-0.2, -0.15) is 0 Å². The van der Waals surface area contributed by atoms with Crippen molar-refractivity contribution in [2.24, 2.45) is 21.5 Å². The number of amides is 2. The predicted molar refractivity (Wildman–Crippen MR) is 380 cm³/mol. The number of nitrogens with one attached hydrogen (secondary N) is 2. The third-order valence-electron chi connectivity index (χ3n) is 16.3. The molecule has 2 amide bonds. The molecule has 8 atom stereocenters. The molecule has 4 aromatic carbocycles. The highest BCUT2D eigenvalue weighted by molar-refractivity contribution is 6.30. The number of anilines is 2. The number of nitrogen functional groups attached to an aromatic ring is 2. The Hall–Kier alpha value is -7.38. The Labute approximate surface area is 583 Å². The van der Waals surface area contributed by atoms with Gasteiger partial charge >= 0.3 is 0 Å². The van der Waals surface area contributed by atoms with Gasteiger partial charge in [-0.15, -0.1) is 0 Å². The molecule has 0 aliphatic rings. The summed E-state index contributed by atoms with van der Waals surface area (Å²) in [4.78, 5) is 53.2. The fourth-order valence-corrected chi connectivity index (χ4v) is 10.9. The highest BCUT2D eigenvalue weighted by atomic mass is 35.5. The van der Waals surface area contributed by atoms with Crippen molar-refractivity contribution in [3.63, 3.8) is 0 Å². The lowest BCUT2D eigenvalue weighted by Gasteiger charge is -2.30. The van der Waals surface area contributed by atoms with Crippen LogP contribution in [0.5, 0.6) is 0 Å². The zero-order chi connectivity index (χ0) is 71.5. The molecule has 2 heterocycles. The van der Waals surface area contributed by atoms with Crippen LogP contribution in [0.2, 0.25) is 10.3 Å². The van der Waals surface area contributed by atoms with Gasteiger partial charge in [-0.1, -0.05) is 132 Å². The predicted octanol–water partition coefficient (Wildman–Crippen LogP) is 2.78. The van der Waals surface area contributed by atoms with E-state index >= 15 is 0 Å². The molecular formula is C70H100Cl2N14O12. The van der Waals surface area contributed by atoms with E-state index in [4.69, 9.17) is 56.3 Å². The molecule has 0 aliphatic carbocycles. The Morgan fingerprint density at radius 3 is 1.00 bits per heavy atom. The van der Waals surface area contributed by atoms with Crippen LogP contribution in [0.4, 0.5) is 11.6 Å². The van der Waals surface area contributed by atoms with Gasteiger partial charge in [0.25, 0.3) is 11.8 Å². The molecule has 0 bridgehead atoms. The number of aryl methyl sites for hydroxylation is 8. The number of hydrogen-bond donors (Lipinski definition) is 16. The number of carbonyl (C=O) groups is 2. The second-order valence-corrected chi connectivity index (χ2v) is 25.0. The number of aliphatic imine (C=N–C) groups is 2. The van der Waals surface area contributed by atoms with Crippen LogP contribution < -0.4 is 33.6 Å². The first-order valence-corrected chi connectivity index (χ1v) is 33.9. The van der Waals surface area contributed by atoms with E-state index in [1.54, 1.807) is 13.8 Å². The van der Waals surface area contributed by atoms with Crippen LogP contribution in [-0.2, 0) is 38.5 Å². The van der Waals surface area contributed by atoms with Crippen molar-refractivity contribution >= 4 is 58.6 Å². The van der Waals surface area contributed by atoms with E-state index in [0.717, 1.165) is 89.9 Å². The summed E-state index contributed by atoms with van der Waals surface area (Å²) in [5, 5.41) is 105. The van der Waals surface area contributed by atoms with E-state index in [2.05, 4.69) is 123 Å². The van der Waals surface area contributed by atoms with Gasteiger partial charge in [0.15, 0.2) is 45.2 Å². The number of benzene rings is 4. The zero-order valence-corrected chi connectivity index (χ0v) is 57.4. The number of nitrogens with two attached hydrogens (primary N) is 4. The number of aliphatic hydroxyl groups is 10. The first-order valence-electron chi connectivity index (χ1n) is 33.1. The van der Waals surface area contributed by atoms with Gasteiger partial charge in [-0.3, -0.25) is 30.2 Å². The van der Waals surface area contributed by atoms with Crippen molar-refractivity contribution in [3.05, 3.63) is 176 Å². The zero-order valence-electron chi connectivity index (χ0n) is 55.9. The third-order valence-corrected chi connectivity index (χ3v) is 17.1. The maximum atomic E-state index is 12.4. The minimum atomic E-state index is -1.65. The SMILES string of the molecule is Cc1nc(N)c(C(=O)NC(N)=NCCCCc2ccc(CCCN(CCCc3ccccc3)CC(O)C(O)C(O)C(O)CO)cc2)nc1Cl.Cc1nc(N)c(C(=O)NC(N)=NCCCCc2ccc(CCCN(CCCc3ccccc3)CC(O)C(O)C(O)C(O)CO)cc2)nc1Cl. The maximum absolute atomic E-state index is 12.4. The number of nitrogens with zero attached hydrogens (tertiary/aromatic N) is 8. The number of guanidine groups is 2. The van der Waals surface area contributed by atoms with Crippen LogP contribution in [0.15, 0.2) is 119 Å². The summed E-state index contributed by atoms with van der Waals surface area (Å²) in [7, 11) is 0. The van der Waals surface area contributed by atoms with E-state index in [0.29, 0.717) is 50.7 Å². The average molecular weight is 1400 g/mol. The number of carbonyl (C=O) groups excluding carboxylic acids is 2. The standard InChI is InChI=1S/2C35H50ClN7O6/c2*1-23-32(36)41-29(33(37)40-23)34(49)42-35(38)39-18-6-5-11-25-14-16-26(17-15-25)13-8-20-43(19-7-12-24-9-3-2-4-10-24)21-27(45)30(47)31(48)28(46)22-44/h2*2-4,9-10,14-17,27-28,30-31,44-48H,5-8,11-13,18-22H2,1H3,(H2,37,40)(H3,38,39,42,49). The summed E-state index contributed by atoms with van der Waals surface area (Å²) in [6, 6.07) is 37.1. The Morgan fingerprint density at radius 1 is 0.429 bits per heavy atom. The molecule has 6 aromatic rings. The topological polar surface area (TPSA) is 447 Å². The lowest BCUT2D eigenvalue weighted by atomic mass is 10.0. The average Bonchev–Trinajstić information content (AvgIpc) is 0.911. The highest BCUT2D eigenvalue weighted by Gasteiger charge is 2.32. The molecule has 28 heteroatoms. The smallest absolute Gasteiger partial charge is 0.280 e. The molecular weight excluding hydrogens is 1300 g/mol. The lowest BCUT2D eigenvalue weighted by molar-refractivity contribution is -0.119. The van der Waals surface area contributed by atoms with Crippen LogP contribution in [0.3, 0.4) is 0 Å². The van der Waals surface area contributed by atoms with E-state index in [1.807, 2.05) is 36.4 Å². The summed E-state index contributed by atoms with van der Waals surface area (Å²) in [6.45, 7) is 5.67. The fraction of sp³-hybridized carbons (Fsp3) is 0.486. The highest BCUT2D eigenvalue weighted by Crippen LogP contribution is 2.19. The van der Waals surface area contributed by atoms with Crippen LogP contribution in [0, 0.1) is 13.8 Å². The van der Waals surface area contributed by atoms with Gasteiger partial charge in [0, 0.05) is 26.2 Å². The Morgan fingerprint density at radius 2 is 0.704 bits per heavy atom. The van der Waals surface area contributed by atoms with Crippen molar-refractivity contribution in [2.75, 3.05) is 77.0 Å². The molecule has 26 nitrogen and oxygen atoms in total. The first kappa shape index (κ1) is 81.3. The van der Waals surface area contributed by atoms with Crippen LogP contribution in [-0.4, -0.2) is 219 Å². The molecule has 0 saturated heterocycles. The molecule has 8 unspecified atom stereocenters. The van der Waals surface area contributed by atoms with Gasteiger partial charge in [0.05, 0.1) is 36.8 Å². The second kappa shape index (κ2) is 43.9. The van der Waals surface area contributed by atoms with Gasteiger partial charge in [0.1, 0.15) is 36.6 Å². The number of unbranched alkanes of at least 4 members (excludes halogenated alkanes) is 2. The van der Waals surface area contributed by atoms with Gasteiger partial charge in [-0.25, -0.2) is 19.9 Å². The molecule has 2 aromatic heterocycles. The normalized spacial score (nSPS) is 14.4. The molecule has 0 fully saturated rings. The van der Waals surface area contributed by atoms with Crippen LogP contribution in [0.1, 0.15) is 117 Å². The van der Waals surface area contributed by atoms with Crippen LogP contribution >= 0.6 is 23.2 Å². The molecule has 0 spiro atoms. The van der Waals surface area contributed by atoms with Crippen molar-refractivity contribution in [1.82, 2.24) is 40.4 Å². The number of rotatable bonds is 40. The van der Waals surface area contributed by atoms with Crippen molar-refractivity contribution in [3.8, 4) is 0 Å². The monoisotopic (exact) mass is 1400 g/mol. The Kier molecular flexibility index (Phi) is 36.4. The van der Waals surface area contributed by atoms with E-state index < -0.39 is 73.9 Å². The molecule has 6 rings (SSSR count). The summed E-state index contributed by atoms with van der Waals surface area (Å²) in [6.07, 6.45) is -0.361. The largest absolute Gasteiger partial charge is 0.394 e. The maximum Gasteiger partial charge on any atom is 0.280 e. The van der Waals surface area contributed by atoms with E-state index in [1.165, 1.54) is 33.4 Å². The minimum absolute atomic E-state index is 0.0363. The number of halogens is 2. The molecule has 0 saturated carbocycles. The van der Waals surface area contributed by atoms with Gasteiger partial charge in [-0.05, 0) is 163 Å². The number of aliphatic hydroxyl groups excluding tert-OH is 10. The number of aromatic nitrogens is 4. The quantitative estimate of drug-likeness (QED) is 0.0149. The first-order chi connectivity index (χ1) is 47.0. The lowest BCUT2D eigenvalue weighted by Crippen LogP contribution is -2.50. The van der Waals surface area contributed by atoms with Crippen molar-refractivity contribution in [1.29, 1.82) is 0 Å². The van der Waals surface area contributed by atoms with Crippen LogP contribution in [0.25, 0.3) is 0 Å². The molecule has 20 N–H and O–H groups in total. The van der Waals surface area contributed by atoms with E-state index in [-0.39, 0.29) is 58.3 Å². The second-order valence-electron chi connectivity index (χ2n) is 24.2. The summed E-state index contributed by atoms with van der Waals surface area (Å²) < 4.78 is 0. The van der Waals surface area contributed by atoms with Gasteiger partial charge in [0.2, 0.25) is 0 Å². The Balaban J connectivity index is 0.000000354. The van der Waals surface area contributed by atoms with E-state index in [9.17, 15) is 50.4 Å². The molecule has 536 valence electrons. The third kappa shape index (κ3) is 29.2. The minimum Gasteiger partial charge on any atom is -0.394 e. The molecule has 0 radical (unpaired) electrons. The Bertz CT molecular complexity index is 3150. The van der Waals surface area contributed by atoms with Gasteiger partial charge < -0.3 is 83.8 Å². The van der Waals surface area contributed by atoms with Crippen molar-refractivity contribution in [2.45, 2.75) is 153 Å². The van der Waals surface area contributed by atoms with Crippen molar-refractivity contribution < 1.29 is 60.7 Å². The number of hydrogen-bond acceptors (Lipinski definition) is 22. The summed E-state index contributed by atoms with van der Waals surface area (Å²) in [5.74, 6) is -1.41. The summed E-state index contributed by atoms with van der Waals surface area (Å²) >= 11 is 11.9. The molecule has 0 aliphatic heterocycles. The summed E-state index contributed by atoms with van der Waals surface area (Å²) in [5.41, 5.74) is 31.1.